The molecule has 2 aromatic rings. The molecular formula is C13H13N3O3S2. The molecule has 0 atom stereocenters. The molecule has 110 valence electrons. The molecule has 2 rings (SSSR count). The van der Waals surface area contributed by atoms with Gasteiger partial charge >= 0.3 is 0 Å². The molecule has 1 heterocycles. The molecule has 0 aliphatic heterocycles. The summed E-state index contributed by atoms with van der Waals surface area (Å²) in [5.41, 5.74) is 0.160. The second-order valence-electron chi connectivity index (χ2n) is 3.96. The summed E-state index contributed by atoms with van der Waals surface area (Å²) < 4.78 is 26.5. The van der Waals surface area contributed by atoms with Crippen LogP contribution in [0, 0.1) is 0 Å². The molecule has 8 heteroatoms. The predicted molar refractivity (Wildman–Crippen MR) is 81.9 cm³/mol. The highest BCUT2D eigenvalue weighted by atomic mass is 32.2. The molecule has 1 aromatic carbocycles. The highest BCUT2D eigenvalue weighted by Gasteiger charge is 2.17. The molecular weight excluding hydrogens is 310 g/mol. The van der Waals surface area contributed by atoms with Gasteiger partial charge in [-0.15, -0.1) is 17.9 Å². The highest BCUT2D eigenvalue weighted by Crippen LogP contribution is 2.19. The summed E-state index contributed by atoms with van der Waals surface area (Å²) in [5, 5.41) is 4.20. The van der Waals surface area contributed by atoms with E-state index in [1.165, 1.54) is 17.5 Å². The van der Waals surface area contributed by atoms with Gasteiger partial charge in [-0.05, 0) is 12.1 Å². The number of carbonyl (C=O) groups is 1. The Labute approximate surface area is 126 Å². The zero-order valence-electron chi connectivity index (χ0n) is 10.9. The molecule has 0 aliphatic carbocycles. The van der Waals surface area contributed by atoms with Crippen molar-refractivity contribution in [1.29, 1.82) is 0 Å². The second-order valence-corrected chi connectivity index (χ2v) is 6.50. The van der Waals surface area contributed by atoms with Crippen LogP contribution in [0.2, 0.25) is 0 Å². The molecule has 0 bridgehead atoms. The van der Waals surface area contributed by atoms with E-state index in [2.05, 4.69) is 21.6 Å². The van der Waals surface area contributed by atoms with Crippen molar-refractivity contribution in [2.24, 2.45) is 0 Å². The summed E-state index contributed by atoms with van der Waals surface area (Å²) in [6.07, 6.45) is 1.54. The van der Waals surface area contributed by atoms with Crippen molar-refractivity contribution < 1.29 is 13.2 Å². The van der Waals surface area contributed by atoms with Crippen LogP contribution >= 0.6 is 11.3 Å². The van der Waals surface area contributed by atoms with E-state index in [0.29, 0.717) is 6.54 Å². The number of rotatable bonds is 6. The largest absolute Gasteiger partial charge is 0.347 e. The van der Waals surface area contributed by atoms with Crippen LogP contribution in [0.15, 0.2) is 53.3 Å². The highest BCUT2D eigenvalue weighted by molar-refractivity contribution is 7.93. The summed E-state index contributed by atoms with van der Waals surface area (Å²) in [6.45, 7) is 3.81. The first-order valence-electron chi connectivity index (χ1n) is 5.95. The number of hydrogen-bond acceptors (Lipinski definition) is 5. The molecule has 0 spiro atoms. The van der Waals surface area contributed by atoms with Gasteiger partial charge in [0.1, 0.15) is 5.69 Å². The normalized spacial score (nSPS) is 10.9. The molecule has 0 saturated heterocycles. The van der Waals surface area contributed by atoms with E-state index >= 15 is 0 Å². The third kappa shape index (κ3) is 3.89. The monoisotopic (exact) mass is 323 g/mol. The number of anilines is 1. The van der Waals surface area contributed by atoms with Gasteiger partial charge in [0.25, 0.3) is 15.9 Å². The van der Waals surface area contributed by atoms with Crippen LogP contribution in [0.4, 0.5) is 5.13 Å². The first kappa shape index (κ1) is 15.2. The SMILES string of the molecule is C=CCNC(=O)c1csc(NS(=O)(=O)c2ccccc2)n1. The van der Waals surface area contributed by atoms with E-state index in [0.717, 1.165) is 11.3 Å². The molecule has 1 amide bonds. The van der Waals surface area contributed by atoms with Gasteiger partial charge < -0.3 is 5.32 Å². The Balaban J connectivity index is 2.12. The maximum atomic E-state index is 12.1. The fourth-order valence-electron chi connectivity index (χ4n) is 1.45. The zero-order chi connectivity index (χ0) is 15.3. The van der Waals surface area contributed by atoms with Crippen molar-refractivity contribution >= 4 is 32.4 Å². The van der Waals surface area contributed by atoms with Crippen molar-refractivity contribution in [3.8, 4) is 0 Å². The molecule has 0 unspecified atom stereocenters. The van der Waals surface area contributed by atoms with E-state index in [9.17, 15) is 13.2 Å². The first-order chi connectivity index (χ1) is 10.0. The van der Waals surface area contributed by atoms with Crippen molar-refractivity contribution in [1.82, 2.24) is 10.3 Å². The quantitative estimate of drug-likeness (QED) is 0.794. The van der Waals surface area contributed by atoms with E-state index < -0.39 is 10.0 Å². The Morgan fingerprint density at radius 1 is 1.33 bits per heavy atom. The number of amides is 1. The fourth-order valence-corrected chi connectivity index (χ4v) is 3.42. The van der Waals surface area contributed by atoms with Gasteiger partial charge in [-0.1, -0.05) is 24.3 Å². The van der Waals surface area contributed by atoms with E-state index in [4.69, 9.17) is 0 Å². The number of aromatic nitrogens is 1. The molecule has 6 nitrogen and oxygen atoms in total. The van der Waals surface area contributed by atoms with E-state index in [1.807, 2.05) is 0 Å². The second kappa shape index (κ2) is 6.51. The van der Waals surface area contributed by atoms with E-state index in [1.54, 1.807) is 24.3 Å². The zero-order valence-corrected chi connectivity index (χ0v) is 12.6. The van der Waals surface area contributed by atoms with Crippen LogP contribution in [0.25, 0.3) is 0 Å². The number of benzene rings is 1. The van der Waals surface area contributed by atoms with Crippen molar-refractivity contribution in [3.05, 3.63) is 54.1 Å². The van der Waals surface area contributed by atoms with Gasteiger partial charge in [0.05, 0.1) is 4.90 Å². The molecule has 1 aromatic heterocycles. The molecule has 2 N–H and O–H groups in total. The smallest absolute Gasteiger partial charge is 0.271 e. The minimum Gasteiger partial charge on any atom is -0.347 e. The van der Waals surface area contributed by atoms with Crippen molar-refractivity contribution in [2.75, 3.05) is 11.3 Å². The average Bonchev–Trinajstić information content (AvgIpc) is 2.93. The summed E-state index contributed by atoms with van der Waals surface area (Å²) >= 11 is 1.04. The van der Waals surface area contributed by atoms with Crippen molar-refractivity contribution in [2.45, 2.75) is 4.90 Å². The Bertz CT molecular complexity index is 739. The third-order valence-electron chi connectivity index (χ3n) is 2.42. The van der Waals surface area contributed by atoms with Gasteiger partial charge in [0.2, 0.25) is 0 Å². The Morgan fingerprint density at radius 2 is 2.05 bits per heavy atom. The van der Waals surface area contributed by atoms with Crippen LogP contribution in [0.5, 0.6) is 0 Å². The minimum atomic E-state index is -3.69. The maximum Gasteiger partial charge on any atom is 0.271 e. The lowest BCUT2D eigenvalue weighted by molar-refractivity contribution is 0.0954. The Morgan fingerprint density at radius 3 is 2.71 bits per heavy atom. The summed E-state index contributed by atoms with van der Waals surface area (Å²) in [7, 11) is -3.69. The van der Waals surface area contributed by atoms with Crippen LogP contribution in [0.1, 0.15) is 10.5 Å². The average molecular weight is 323 g/mol. The molecule has 0 saturated carbocycles. The van der Waals surface area contributed by atoms with Crippen molar-refractivity contribution in [3.63, 3.8) is 0 Å². The number of nitrogens with one attached hydrogen (secondary N) is 2. The van der Waals surface area contributed by atoms with Gasteiger partial charge in [0.15, 0.2) is 5.13 Å². The topological polar surface area (TPSA) is 88.2 Å². The van der Waals surface area contributed by atoms with Crippen LogP contribution in [0.3, 0.4) is 0 Å². The molecule has 21 heavy (non-hydrogen) atoms. The lowest BCUT2D eigenvalue weighted by Gasteiger charge is -2.04. The fraction of sp³-hybridized carbons (Fsp3) is 0.0769. The van der Waals surface area contributed by atoms with Crippen LogP contribution < -0.4 is 10.0 Å². The van der Waals surface area contributed by atoms with Gasteiger partial charge in [-0.25, -0.2) is 13.4 Å². The lowest BCUT2D eigenvalue weighted by atomic mass is 10.4. The summed E-state index contributed by atoms with van der Waals surface area (Å²) in [6, 6.07) is 7.95. The Hall–Kier alpha value is -2.19. The number of carbonyl (C=O) groups excluding carboxylic acids is 1. The number of sulfonamides is 1. The van der Waals surface area contributed by atoms with E-state index in [-0.39, 0.29) is 21.6 Å². The minimum absolute atomic E-state index is 0.137. The standard InChI is InChI=1S/C13H13N3O3S2/c1-2-8-14-12(17)11-9-20-13(15-11)16-21(18,19)10-6-4-3-5-7-10/h2-7,9H,1,8H2,(H,14,17)(H,15,16). The first-order valence-corrected chi connectivity index (χ1v) is 8.31. The summed E-state index contributed by atoms with van der Waals surface area (Å²) in [5.74, 6) is -0.378. The molecule has 0 aliphatic rings. The molecule has 0 radical (unpaired) electrons. The van der Waals surface area contributed by atoms with Gasteiger partial charge in [-0.2, -0.15) is 0 Å². The predicted octanol–water partition coefficient (Wildman–Crippen LogP) is 1.86. The number of thiazole rings is 1. The summed E-state index contributed by atoms with van der Waals surface area (Å²) in [4.78, 5) is 15.8. The van der Waals surface area contributed by atoms with Crippen LogP contribution in [-0.2, 0) is 10.0 Å². The van der Waals surface area contributed by atoms with Gasteiger partial charge in [-0.3, -0.25) is 9.52 Å². The third-order valence-corrected chi connectivity index (χ3v) is 4.66. The lowest BCUT2D eigenvalue weighted by Crippen LogP contribution is -2.23. The molecule has 0 fully saturated rings. The number of hydrogen-bond donors (Lipinski definition) is 2. The number of nitrogens with zero attached hydrogens (tertiary/aromatic N) is 1. The van der Waals surface area contributed by atoms with Gasteiger partial charge in [0, 0.05) is 11.9 Å². The Kier molecular flexibility index (Phi) is 4.71. The maximum absolute atomic E-state index is 12.1. The van der Waals surface area contributed by atoms with Crippen LogP contribution in [-0.4, -0.2) is 25.9 Å².